The summed E-state index contributed by atoms with van der Waals surface area (Å²) >= 11 is 0. The lowest BCUT2D eigenvalue weighted by molar-refractivity contribution is 1.04. The van der Waals surface area contributed by atoms with E-state index < -0.39 is 0 Å². The van der Waals surface area contributed by atoms with Crippen LogP contribution >= 0.6 is 0 Å². The zero-order valence-electron chi connectivity index (χ0n) is 9.58. The Morgan fingerprint density at radius 3 is 2.71 bits per heavy atom. The molecule has 1 rings (SSSR count). The second kappa shape index (κ2) is 8.03. The highest BCUT2D eigenvalue weighted by Crippen LogP contribution is 1.98. The Labute approximate surface area is 102 Å². The predicted octanol–water partition coefficient (Wildman–Crippen LogP) is 2.42. The minimum Gasteiger partial charge on any atom is -0.330 e. The van der Waals surface area contributed by atoms with Gasteiger partial charge in [0.15, 0.2) is 0 Å². The average Bonchev–Trinajstić information content (AvgIpc) is 2.33. The van der Waals surface area contributed by atoms with E-state index in [9.17, 15) is 0 Å². The van der Waals surface area contributed by atoms with Gasteiger partial charge >= 0.3 is 0 Å². The van der Waals surface area contributed by atoms with Crippen LogP contribution in [0.3, 0.4) is 0 Å². The second-order valence-electron chi connectivity index (χ2n) is 3.34. The number of hydrogen-bond acceptors (Lipinski definition) is 3. The Bertz CT molecular complexity index is 454. The fourth-order valence-electron chi connectivity index (χ4n) is 1.21. The third kappa shape index (κ3) is 5.45. The maximum absolute atomic E-state index is 8.85. The molecule has 3 nitrogen and oxygen atoms in total. The molecule has 0 amide bonds. The van der Waals surface area contributed by atoms with Gasteiger partial charge in [-0.05, 0) is 30.8 Å². The molecule has 0 unspecified atom stereocenters. The van der Waals surface area contributed by atoms with E-state index in [0.717, 1.165) is 12.1 Å². The topological polar surface area (TPSA) is 62.2 Å². The Balaban J connectivity index is 2.92. The van der Waals surface area contributed by atoms with Gasteiger partial charge in [0, 0.05) is 18.3 Å². The van der Waals surface area contributed by atoms with Gasteiger partial charge < -0.3 is 5.73 Å². The molecule has 0 aromatic rings. The predicted molar refractivity (Wildman–Crippen MR) is 71.4 cm³/mol. The Morgan fingerprint density at radius 1 is 1.12 bits per heavy atom. The van der Waals surface area contributed by atoms with Gasteiger partial charge in [0.2, 0.25) is 0 Å². The van der Waals surface area contributed by atoms with Crippen molar-refractivity contribution in [1.29, 1.82) is 5.26 Å². The standard InChI is InChI=1S/C14H15N3/c15-10-9-14-8-4-3-7-13(12-16)6-2-1-5-11-17-14/h1-8,11H,9-10,15H2/b2-1+,4-3?,5-1?,6-2?,7-3-,8-4-,11-5+,13-6+,13-7?,14-8?,17-11?,17-14+. The van der Waals surface area contributed by atoms with Gasteiger partial charge in [-0.15, -0.1) is 0 Å². The van der Waals surface area contributed by atoms with Crippen LogP contribution in [0, 0.1) is 11.3 Å². The van der Waals surface area contributed by atoms with E-state index in [1.165, 1.54) is 0 Å². The van der Waals surface area contributed by atoms with Crippen molar-refractivity contribution in [2.24, 2.45) is 10.7 Å². The minimum absolute atomic E-state index is 0.569. The first-order valence-corrected chi connectivity index (χ1v) is 5.42. The van der Waals surface area contributed by atoms with Crippen molar-refractivity contribution in [3.8, 4) is 6.07 Å². The third-order valence-corrected chi connectivity index (χ3v) is 2.03. The quantitative estimate of drug-likeness (QED) is 0.784. The summed E-state index contributed by atoms with van der Waals surface area (Å²) in [6.07, 6.45) is 17.0. The molecular weight excluding hydrogens is 210 g/mol. The summed E-state index contributed by atoms with van der Waals surface area (Å²) in [5, 5.41) is 8.85. The van der Waals surface area contributed by atoms with Crippen molar-refractivity contribution in [1.82, 2.24) is 0 Å². The molecule has 17 heavy (non-hydrogen) atoms. The van der Waals surface area contributed by atoms with Crippen LogP contribution in [-0.4, -0.2) is 12.3 Å². The maximum atomic E-state index is 8.85. The monoisotopic (exact) mass is 225 g/mol. The molecule has 0 bridgehead atoms. The van der Waals surface area contributed by atoms with Crippen molar-refractivity contribution in [3.63, 3.8) is 0 Å². The fraction of sp³-hybridized carbons (Fsp3) is 0.143. The van der Waals surface area contributed by atoms with Crippen molar-refractivity contribution >= 4 is 5.71 Å². The van der Waals surface area contributed by atoms with Gasteiger partial charge in [-0.3, -0.25) is 4.99 Å². The molecule has 86 valence electrons. The summed E-state index contributed by atoms with van der Waals surface area (Å²) in [4.78, 5) is 4.28. The highest BCUT2D eigenvalue weighted by Gasteiger charge is 1.90. The fourth-order valence-corrected chi connectivity index (χ4v) is 1.21. The molecule has 1 heterocycles. The van der Waals surface area contributed by atoms with Gasteiger partial charge in [0.25, 0.3) is 0 Å². The molecule has 0 aromatic heterocycles. The Kier molecular flexibility index (Phi) is 6.09. The highest BCUT2D eigenvalue weighted by molar-refractivity contribution is 5.95. The zero-order valence-corrected chi connectivity index (χ0v) is 9.58. The van der Waals surface area contributed by atoms with Gasteiger partial charge in [0.1, 0.15) is 0 Å². The van der Waals surface area contributed by atoms with Crippen molar-refractivity contribution in [2.75, 3.05) is 6.54 Å². The SMILES string of the molecule is N#CC1=C/C=C/C=C/N=C(CCN)\C=C/C=C\1. The molecule has 0 aromatic carbocycles. The summed E-state index contributed by atoms with van der Waals surface area (Å²) in [5.74, 6) is 0. The van der Waals surface area contributed by atoms with E-state index in [4.69, 9.17) is 11.0 Å². The molecule has 0 radical (unpaired) electrons. The van der Waals surface area contributed by atoms with Gasteiger partial charge in [-0.2, -0.15) is 5.26 Å². The lowest BCUT2D eigenvalue weighted by atomic mass is 10.2. The summed E-state index contributed by atoms with van der Waals surface area (Å²) < 4.78 is 0. The summed E-state index contributed by atoms with van der Waals surface area (Å²) in [7, 11) is 0. The number of rotatable bonds is 2. The van der Waals surface area contributed by atoms with E-state index in [-0.39, 0.29) is 0 Å². The average molecular weight is 225 g/mol. The minimum atomic E-state index is 0.569. The molecule has 1 aliphatic heterocycles. The first kappa shape index (κ1) is 12.9. The Hall–Kier alpha value is -2.18. The number of nitrogens with two attached hydrogens (primary N) is 1. The number of aliphatic imine (C=N–C) groups is 1. The van der Waals surface area contributed by atoms with Crippen molar-refractivity contribution in [3.05, 3.63) is 60.4 Å². The number of nitrogens with zero attached hydrogens (tertiary/aromatic N) is 2. The number of allylic oxidation sites excluding steroid dienone is 9. The number of nitriles is 1. The molecule has 2 N–H and O–H groups in total. The smallest absolute Gasteiger partial charge is 0.0991 e. The van der Waals surface area contributed by atoms with Crippen LogP contribution in [0.2, 0.25) is 0 Å². The van der Waals surface area contributed by atoms with Crippen LogP contribution in [0.15, 0.2) is 65.4 Å². The molecule has 0 saturated carbocycles. The molecule has 0 aliphatic carbocycles. The van der Waals surface area contributed by atoms with E-state index in [0.29, 0.717) is 12.1 Å². The van der Waals surface area contributed by atoms with Crippen LogP contribution in [0.1, 0.15) is 6.42 Å². The molecular formula is C14H15N3. The summed E-state index contributed by atoms with van der Waals surface area (Å²) in [6.45, 7) is 0.569. The summed E-state index contributed by atoms with van der Waals surface area (Å²) in [5.41, 5.74) is 7.03. The largest absolute Gasteiger partial charge is 0.330 e. The molecule has 0 saturated heterocycles. The van der Waals surface area contributed by atoms with Crippen LogP contribution in [0.25, 0.3) is 0 Å². The lowest BCUT2D eigenvalue weighted by Gasteiger charge is -1.95. The van der Waals surface area contributed by atoms with Crippen LogP contribution in [-0.2, 0) is 0 Å². The summed E-state index contributed by atoms with van der Waals surface area (Å²) in [6, 6.07) is 2.11. The van der Waals surface area contributed by atoms with Gasteiger partial charge in [0.05, 0.1) is 11.6 Å². The van der Waals surface area contributed by atoms with Gasteiger partial charge in [-0.25, -0.2) is 0 Å². The first-order chi connectivity index (χ1) is 8.36. The molecule has 0 atom stereocenters. The van der Waals surface area contributed by atoms with Crippen LogP contribution in [0.4, 0.5) is 0 Å². The van der Waals surface area contributed by atoms with Crippen LogP contribution < -0.4 is 5.73 Å². The van der Waals surface area contributed by atoms with E-state index in [1.54, 1.807) is 18.4 Å². The van der Waals surface area contributed by atoms with E-state index in [2.05, 4.69) is 11.1 Å². The zero-order chi connectivity index (χ0) is 12.3. The highest BCUT2D eigenvalue weighted by atomic mass is 14.7. The van der Waals surface area contributed by atoms with Crippen molar-refractivity contribution < 1.29 is 0 Å². The molecule has 1 aliphatic rings. The second-order valence-corrected chi connectivity index (χ2v) is 3.34. The maximum Gasteiger partial charge on any atom is 0.0991 e. The van der Waals surface area contributed by atoms with Crippen molar-refractivity contribution in [2.45, 2.75) is 6.42 Å². The van der Waals surface area contributed by atoms with E-state index >= 15 is 0 Å². The van der Waals surface area contributed by atoms with Crippen LogP contribution in [0.5, 0.6) is 0 Å². The van der Waals surface area contributed by atoms with Gasteiger partial charge in [-0.1, -0.05) is 24.3 Å². The molecule has 3 heteroatoms. The lowest BCUT2D eigenvalue weighted by Crippen LogP contribution is -2.05. The molecule has 0 spiro atoms. The normalized spacial score (nSPS) is 29.2. The Morgan fingerprint density at radius 2 is 1.94 bits per heavy atom. The molecule has 0 fully saturated rings. The van der Waals surface area contributed by atoms with E-state index in [1.807, 2.05) is 36.5 Å². The first-order valence-electron chi connectivity index (χ1n) is 5.42. The number of hydrogen-bond donors (Lipinski definition) is 1. The third-order valence-electron chi connectivity index (χ3n) is 2.03.